The van der Waals surface area contributed by atoms with Crippen molar-refractivity contribution < 1.29 is 14.0 Å². The van der Waals surface area contributed by atoms with Crippen molar-refractivity contribution in [1.82, 2.24) is 4.90 Å². The van der Waals surface area contributed by atoms with Gasteiger partial charge in [0.25, 0.3) is 0 Å². The highest BCUT2D eigenvalue weighted by atomic mass is 28.4. The molecule has 5 heteroatoms. The van der Waals surface area contributed by atoms with E-state index >= 15 is 0 Å². The first-order chi connectivity index (χ1) is 9.65. The quantitative estimate of drug-likeness (QED) is 0.749. The fourth-order valence-corrected chi connectivity index (χ4v) is 3.77. The third kappa shape index (κ3) is 3.69. The van der Waals surface area contributed by atoms with Gasteiger partial charge in [0.1, 0.15) is 0 Å². The van der Waals surface area contributed by atoms with Gasteiger partial charge in [-0.2, -0.15) is 0 Å². The molecule has 0 bridgehead atoms. The minimum absolute atomic E-state index is 0.174. The molecule has 2 fully saturated rings. The van der Waals surface area contributed by atoms with E-state index in [4.69, 9.17) is 9.16 Å². The summed E-state index contributed by atoms with van der Waals surface area (Å²) in [5.74, 6) is 1.36. The summed E-state index contributed by atoms with van der Waals surface area (Å²) in [6.45, 7) is 17.1. The second-order valence-corrected chi connectivity index (χ2v) is 12.9. The van der Waals surface area contributed by atoms with E-state index in [0.29, 0.717) is 31.0 Å². The van der Waals surface area contributed by atoms with Gasteiger partial charge in [-0.3, -0.25) is 4.79 Å². The highest BCUT2D eigenvalue weighted by Gasteiger charge is 2.53. The number of morpholine rings is 1. The predicted molar refractivity (Wildman–Crippen MR) is 86.7 cm³/mol. The second-order valence-electron chi connectivity index (χ2n) is 8.06. The number of amides is 1. The minimum atomic E-state index is -1.71. The molecule has 2 aliphatic rings. The van der Waals surface area contributed by atoms with Crippen molar-refractivity contribution in [3.63, 3.8) is 0 Å². The lowest BCUT2D eigenvalue weighted by molar-refractivity contribution is -0.137. The lowest BCUT2D eigenvalue weighted by Gasteiger charge is -2.36. The van der Waals surface area contributed by atoms with Crippen LogP contribution in [0.1, 0.15) is 27.7 Å². The molecule has 1 amide bonds. The lowest BCUT2D eigenvalue weighted by atomic mass is 10.2. The Balaban J connectivity index is 1.85. The van der Waals surface area contributed by atoms with Crippen LogP contribution in [-0.2, 0) is 14.0 Å². The summed E-state index contributed by atoms with van der Waals surface area (Å²) in [5, 5.41) is 0.231. The van der Waals surface area contributed by atoms with E-state index in [1.165, 1.54) is 0 Å². The monoisotopic (exact) mass is 313 g/mol. The van der Waals surface area contributed by atoms with Crippen molar-refractivity contribution in [3.8, 4) is 0 Å². The molecule has 122 valence electrons. The Kier molecular flexibility index (Phi) is 4.86. The van der Waals surface area contributed by atoms with Crippen molar-refractivity contribution in [2.24, 2.45) is 17.8 Å². The fourth-order valence-electron chi connectivity index (χ4n) is 2.72. The third-order valence-corrected chi connectivity index (χ3v) is 10.1. The third-order valence-electron chi connectivity index (χ3n) is 5.61. The summed E-state index contributed by atoms with van der Waals surface area (Å²) in [6, 6.07) is 0. The van der Waals surface area contributed by atoms with E-state index in [1.807, 2.05) is 4.90 Å². The highest BCUT2D eigenvalue weighted by molar-refractivity contribution is 6.74. The van der Waals surface area contributed by atoms with Crippen LogP contribution < -0.4 is 0 Å². The van der Waals surface area contributed by atoms with Gasteiger partial charge in [-0.05, 0) is 30.0 Å². The number of hydrogen-bond donors (Lipinski definition) is 0. The Bertz CT molecular complexity index is 385. The summed E-state index contributed by atoms with van der Waals surface area (Å²) in [6.07, 6.45) is 0. The highest BCUT2D eigenvalue weighted by Crippen LogP contribution is 2.48. The SMILES string of the molecule is C[C@@H]1[C@H](CO[Si](C)(C)C(C)(C)C)[C@H]1C(=O)N1CCOCC1. The molecule has 0 aromatic heterocycles. The Morgan fingerprint density at radius 1 is 1.29 bits per heavy atom. The van der Waals surface area contributed by atoms with Gasteiger partial charge in [-0.15, -0.1) is 0 Å². The van der Waals surface area contributed by atoms with E-state index in [2.05, 4.69) is 40.8 Å². The maximum absolute atomic E-state index is 12.5. The molecule has 0 radical (unpaired) electrons. The molecular formula is C16H31NO3Si. The van der Waals surface area contributed by atoms with Crippen molar-refractivity contribution in [3.05, 3.63) is 0 Å². The second kappa shape index (κ2) is 6.01. The summed E-state index contributed by atoms with van der Waals surface area (Å²) in [7, 11) is -1.71. The summed E-state index contributed by atoms with van der Waals surface area (Å²) in [5.41, 5.74) is 0. The van der Waals surface area contributed by atoms with Gasteiger partial charge < -0.3 is 14.1 Å². The van der Waals surface area contributed by atoms with Gasteiger partial charge in [0, 0.05) is 25.6 Å². The molecule has 0 unspecified atom stereocenters. The topological polar surface area (TPSA) is 38.8 Å². The molecule has 0 N–H and O–H groups in total. The largest absolute Gasteiger partial charge is 0.417 e. The maximum atomic E-state index is 12.5. The Morgan fingerprint density at radius 2 is 1.86 bits per heavy atom. The van der Waals surface area contributed by atoms with E-state index in [0.717, 1.165) is 19.7 Å². The van der Waals surface area contributed by atoms with Crippen molar-refractivity contribution in [2.45, 2.75) is 45.8 Å². The molecule has 0 aromatic carbocycles. The number of rotatable bonds is 4. The Hall–Kier alpha value is -0.393. The van der Waals surface area contributed by atoms with Crippen LogP contribution in [0, 0.1) is 17.8 Å². The predicted octanol–water partition coefficient (Wildman–Crippen LogP) is 2.75. The van der Waals surface area contributed by atoms with E-state index in [1.54, 1.807) is 0 Å². The fraction of sp³-hybridized carbons (Fsp3) is 0.938. The van der Waals surface area contributed by atoms with Gasteiger partial charge in [0.2, 0.25) is 5.91 Å². The van der Waals surface area contributed by atoms with Crippen LogP contribution in [0.25, 0.3) is 0 Å². The van der Waals surface area contributed by atoms with Crippen LogP contribution in [0.3, 0.4) is 0 Å². The zero-order valence-corrected chi connectivity index (χ0v) is 15.4. The first kappa shape index (κ1) is 17.0. The number of nitrogens with zero attached hydrogens (tertiary/aromatic N) is 1. The summed E-state index contributed by atoms with van der Waals surface area (Å²) in [4.78, 5) is 14.5. The molecule has 2 rings (SSSR count). The van der Waals surface area contributed by atoms with Crippen LogP contribution in [0.15, 0.2) is 0 Å². The Labute approximate surface area is 130 Å². The van der Waals surface area contributed by atoms with E-state index < -0.39 is 8.32 Å². The molecular weight excluding hydrogens is 282 g/mol. The molecule has 4 nitrogen and oxygen atoms in total. The standard InChI is InChI=1S/C16H31NO3Si/c1-12-13(11-20-21(5,6)16(2,3)4)14(12)15(18)17-7-9-19-10-8-17/h12-14H,7-11H2,1-6H3/t12-,13+,14+/m1/s1. The molecule has 0 aromatic rings. The molecule has 1 aliphatic carbocycles. The number of hydrogen-bond acceptors (Lipinski definition) is 3. The first-order valence-corrected chi connectivity index (χ1v) is 11.1. The van der Waals surface area contributed by atoms with Crippen LogP contribution in [-0.4, -0.2) is 52.0 Å². The zero-order chi connectivity index (χ0) is 15.8. The van der Waals surface area contributed by atoms with Gasteiger partial charge >= 0.3 is 0 Å². The molecule has 21 heavy (non-hydrogen) atoms. The smallest absolute Gasteiger partial charge is 0.226 e. The van der Waals surface area contributed by atoms with Gasteiger partial charge in [-0.1, -0.05) is 27.7 Å². The van der Waals surface area contributed by atoms with Crippen LogP contribution in [0.4, 0.5) is 0 Å². The minimum Gasteiger partial charge on any atom is -0.417 e. The van der Waals surface area contributed by atoms with E-state index in [-0.39, 0.29) is 11.0 Å². The van der Waals surface area contributed by atoms with Crippen LogP contribution in [0.2, 0.25) is 18.1 Å². The molecule has 1 saturated carbocycles. The van der Waals surface area contributed by atoms with Gasteiger partial charge in [-0.25, -0.2) is 0 Å². The average molecular weight is 314 g/mol. The van der Waals surface area contributed by atoms with Crippen molar-refractivity contribution in [2.75, 3.05) is 32.9 Å². The van der Waals surface area contributed by atoms with Crippen molar-refractivity contribution in [1.29, 1.82) is 0 Å². The van der Waals surface area contributed by atoms with Gasteiger partial charge in [0.05, 0.1) is 13.2 Å². The molecule has 1 saturated heterocycles. The normalized spacial score (nSPS) is 30.4. The number of carbonyl (C=O) groups is 1. The molecule has 0 spiro atoms. The van der Waals surface area contributed by atoms with Crippen LogP contribution in [0.5, 0.6) is 0 Å². The van der Waals surface area contributed by atoms with Crippen molar-refractivity contribution >= 4 is 14.2 Å². The zero-order valence-electron chi connectivity index (χ0n) is 14.4. The summed E-state index contributed by atoms with van der Waals surface area (Å²) >= 11 is 0. The van der Waals surface area contributed by atoms with E-state index in [9.17, 15) is 4.79 Å². The molecule has 3 atom stereocenters. The lowest BCUT2D eigenvalue weighted by Crippen LogP contribution is -2.43. The number of ether oxygens (including phenoxy) is 1. The number of carbonyl (C=O) groups excluding carboxylic acids is 1. The first-order valence-electron chi connectivity index (χ1n) is 8.15. The summed E-state index contributed by atoms with van der Waals surface area (Å²) < 4.78 is 11.6. The molecule has 1 aliphatic heterocycles. The Morgan fingerprint density at radius 3 is 2.38 bits per heavy atom. The van der Waals surface area contributed by atoms with Gasteiger partial charge in [0.15, 0.2) is 8.32 Å². The average Bonchev–Trinajstić information content (AvgIpc) is 3.06. The maximum Gasteiger partial charge on any atom is 0.226 e. The molecule has 1 heterocycles. The van der Waals surface area contributed by atoms with Crippen LogP contribution >= 0.6 is 0 Å².